The first-order valence-electron chi connectivity index (χ1n) is 5.95. The van der Waals surface area contributed by atoms with Crippen LogP contribution >= 0.6 is 0 Å². The van der Waals surface area contributed by atoms with Crippen molar-refractivity contribution in [2.45, 2.75) is 24.5 Å². The van der Waals surface area contributed by atoms with Crippen molar-refractivity contribution in [3.63, 3.8) is 0 Å². The fraction of sp³-hybridized carbons (Fsp3) is 0.455. The number of amides is 1. The molecule has 1 aromatic heterocycles. The van der Waals surface area contributed by atoms with Crippen LogP contribution in [0.15, 0.2) is 12.1 Å². The summed E-state index contributed by atoms with van der Waals surface area (Å²) in [7, 11) is 0. The van der Waals surface area contributed by atoms with Gasteiger partial charge in [-0.15, -0.1) is 0 Å². The first-order chi connectivity index (χ1) is 9.52. The van der Waals surface area contributed by atoms with E-state index in [0.29, 0.717) is 5.69 Å². The first kappa shape index (κ1) is 13.1. The monoisotopic (exact) mass is 281 g/mol. The minimum Gasteiger partial charge on any atom is -0.394 e. The minimum atomic E-state index is -1.26. The summed E-state index contributed by atoms with van der Waals surface area (Å²) in [6, 6.07) is 0. The zero-order valence-corrected chi connectivity index (χ0v) is 10.2. The average Bonchev–Trinajstić information content (AvgIpc) is 2.93. The molecule has 0 unspecified atom stereocenters. The van der Waals surface area contributed by atoms with Crippen molar-refractivity contribution < 1.29 is 24.9 Å². The molecule has 0 saturated carbocycles. The Kier molecular flexibility index (Phi) is 2.98. The molecule has 107 valence electrons. The molecule has 9 nitrogen and oxygen atoms in total. The summed E-state index contributed by atoms with van der Waals surface area (Å²) in [6.45, 7) is -0.433. The van der Waals surface area contributed by atoms with Gasteiger partial charge in [-0.1, -0.05) is 0 Å². The van der Waals surface area contributed by atoms with Gasteiger partial charge in [0.1, 0.15) is 24.1 Å². The van der Waals surface area contributed by atoms with Crippen LogP contribution < -0.4 is 11.1 Å². The second-order valence-electron chi connectivity index (χ2n) is 4.60. The normalized spacial score (nSPS) is 32.8. The predicted molar refractivity (Wildman–Crippen MR) is 63.9 cm³/mol. The predicted octanol–water partition coefficient (Wildman–Crippen LogP) is -2.49. The molecule has 0 aliphatic carbocycles. The van der Waals surface area contributed by atoms with Gasteiger partial charge in [0.25, 0.3) is 5.91 Å². The van der Waals surface area contributed by atoms with Crippen molar-refractivity contribution in [3.05, 3.63) is 23.5 Å². The van der Waals surface area contributed by atoms with E-state index in [4.69, 9.17) is 15.6 Å². The van der Waals surface area contributed by atoms with E-state index in [1.165, 1.54) is 17.0 Å². The van der Waals surface area contributed by atoms with E-state index >= 15 is 0 Å². The van der Waals surface area contributed by atoms with Gasteiger partial charge in [-0.2, -0.15) is 5.32 Å². The van der Waals surface area contributed by atoms with Crippen LogP contribution in [0.1, 0.15) is 22.4 Å². The number of hydrogen-bond acceptors (Lipinski definition) is 7. The molecule has 0 bridgehead atoms. The molecule has 9 heteroatoms. The molecule has 4 atom stereocenters. The van der Waals surface area contributed by atoms with Gasteiger partial charge >= 0.3 is 0 Å². The molecule has 20 heavy (non-hydrogen) atoms. The summed E-state index contributed by atoms with van der Waals surface area (Å²) < 4.78 is 6.76. The van der Waals surface area contributed by atoms with E-state index in [1.54, 1.807) is 0 Å². The summed E-state index contributed by atoms with van der Waals surface area (Å²) in [5.74, 6) is -0.554. The van der Waals surface area contributed by atoms with Crippen LogP contribution in [0.4, 0.5) is 0 Å². The van der Waals surface area contributed by atoms with Crippen molar-refractivity contribution in [1.82, 2.24) is 14.9 Å². The summed E-state index contributed by atoms with van der Waals surface area (Å²) >= 11 is 0. The number of rotatable bonds is 2. The highest BCUT2D eigenvalue weighted by molar-refractivity contribution is 5.99. The van der Waals surface area contributed by atoms with Crippen LogP contribution in [0.25, 0.3) is 6.08 Å². The zero-order chi connectivity index (χ0) is 14.4. The highest BCUT2D eigenvalue weighted by Gasteiger charge is 2.44. The molecule has 1 radical (unpaired) electrons. The first-order valence-corrected chi connectivity index (χ1v) is 5.95. The molecule has 1 aromatic rings. The fourth-order valence-electron chi connectivity index (χ4n) is 2.33. The molecule has 1 saturated heterocycles. The summed E-state index contributed by atoms with van der Waals surface area (Å²) in [5.41, 5.74) is 5.96. The minimum absolute atomic E-state index is 0.0241. The number of nitrogens with two attached hydrogens (primary N) is 1. The van der Waals surface area contributed by atoms with Crippen molar-refractivity contribution in [3.8, 4) is 0 Å². The van der Waals surface area contributed by atoms with Crippen LogP contribution in [0, 0.1) is 0 Å². The molecular formula is C11H13N4O5. The second-order valence-corrected chi connectivity index (χ2v) is 4.60. The number of aromatic nitrogens is 2. The number of nitrogens with zero attached hydrogens (tertiary/aromatic N) is 3. The van der Waals surface area contributed by atoms with Gasteiger partial charge in [0.15, 0.2) is 11.9 Å². The number of carbonyl (C=O) groups is 1. The standard InChI is InChI=1S/C11H13N4O5/c12-6-1-4-7(10(19)14-6)13-3-15(4)11-9(18)8(17)5(2-16)20-11/h1,3,5,8-9,11,16-18H,2,12H2/t5-,8-,9+,11-/m1/s1. The number of ether oxygens (including phenoxy) is 1. The Labute approximate surface area is 113 Å². The van der Waals surface area contributed by atoms with Crippen molar-refractivity contribution in [1.29, 1.82) is 0 Å². The van der Waals surface area contributed by atoms with Crippen molar-refractivity contribution >= 4 is 12.0 Å². The van der Waals surface area contributed by atoms with Gasteiger partial charge in [-0.3, -0.25) is 4.79 Å². The summed E-state index contributed by atoms with van der Waals surface area (Å²) in [6.07, 6.45) is -1.62. The maximum absolute atomic E-state index is 11.6. The van der Waals surface area contributed by atoms with Crippen LogP contribution in [0.5, 0.6) is 0 Å². The number of fused-ring (bicyclic) bond motifs is 1. The second kappa shape index (κ2) is 4.56. The molecule has 1 amide bonds. The van der Waals surface area contributed by atoms with Gasteiger partial charge in [0.05, 0.1) is 18.6 Å². The van der Waals surface area contributed by atoms with Gasteiger partial charge < -0.3 is 30.4 Å². The zero-order valence-electron chi connectivity index (χ0n) is 10.2. The molecule has 2 aliphatic heterocycles. The highest BCUT2D eigenvalue weighted by atomic mass is 16.6. The largest absolute Gasteiger partial charge is 0.394 e. The van der Waals surface area contributed by atoms with Crippen molar-refractivity contribution in [2.75, 3.05) is 6.61 Å². The van der Waals surface area contributed by atoms with Gasteiger partial charge in [-0.25, -0.2) is 4.98 Å². The Morgan fingerprint density at radius 1 is 1.40 bits per heavy atom. The van der Waals surface area contributed by atoms with Crippen LogP contribution in [-0.4, -0.2) is 55.7 Å². The topological polar surface area (TPSA) is 145 Å². The quantitative estimate of drug-likeness (QED) is 0.469. The summed E-state index contributed by atoms with van der Waals surface area (Å²) in [5, 5.41) is 32.3. The Balaban J connectivity index is 2.00. The smallest absolute Gasteiger partial charge is 0.299 e. The lowest BCUT2D eigenvalue weighted by molar-refractivity contribution is -0.0530. The number of aliphatic hydroxyl groups excluding tert-OH is 3. The molecule has 3 rings (SSSR count). The molecule has 1 fully saturated rings. The van der Waals surface area contributed by atoms with E-state index in [0.717, 1.165) is 0 Å². The molecule has 3 heterocycles. The Morgan fingerprint density at radius 2 is 2.15 bits per heavy atom. The third kappa shape index (κ3) is 1.79. The number of imidazole rings is 1. The van der Waals surface area contributed by atoms with E-state index < -0.39 is 37.1 Å². The van der Waals surface area contributed by atoms with Crippen LogP contribution in [-0.2, 0) is 4.74 Å². The Bertz CT molecular complexity index is 583. The van der Waals surface area contributed by atoms with E-state index in [-0.39, 0.29) is 11.5 Å². The third-order valence-electron chi connectivity index (χ3n) is 3.34. The SMILES string of the molecule is NC1=Cc2c(ncn2[C@@H]2O[C@H](CO)[C@@H](O)[C@@H]2O)C(=O)[N]1. The molecular weight excluding hydrogens is 268 g/mol. The van der Waals surface area contributed by atoms with Gasteiger partial charge in [0, 0.05) is 6.08 Å². The maximum Gasteiger partial charge on any atom is 0.299 e. The number of hydrogen-bond donors (Lipinski definition) is 4. The molecule has 0 aromatic carbocycles. The lowest BCUT2D eigenvalue weighted by Gasteiger charge is -2.19. The Morgan fingerprint density at radius 3 is 2.80 bits per heavy atom. The number of carbonyl (C=O) groups excluding carboxylic acids is 1. The highest BCUT2D eigenvalue weighted by Crippen LogP contribution is 2.32. The lowest BCUT2D eigenvalue weighted by Crippen LogP contribution is -2.33. The van der Waals surface area contributed by atoms with Gasteiger partial charge in [0.2, 0.25) is 0 Å². The number of aliphatic hydroxyl groups is 3. The average molecular weight is 281 g/mol. The lowest BCUT2D eigenvalue weighted by atomic mass is 10.1. The maximum atomic E-state index is 11.6. The van der Waals surface area contributed by atoms with E-state index in [2.05, 4.69) is 10.3 Å². The van der Waals surface area contributed by atoms with Gasteiger partial charge in [-0.05, 0) is 0 Å². The molecule has 5 N–H and O–H groups in total. The fourth-order valence-corrected chi connectivity index (χ4v) is 2.33. The van der Waals surface area contributed by atoms with E-state index in [9.17, 15) is 15.0 Å². The Hall–Kier alpha value is -1.94. The van der Waals surface area contributed by atoms with Crippen LogP contribution in [0.3, 0.4) is 0 Å². The summed E-state index contributed by atoms with van der Waals surface area (Å²) in [4.78, 5) is 15.5. The molecule has 2 aliphatic rings. The van der Waals surface area contributed by atoms with E-state index in [1.807, 2.05) is 0 Å². The molecule has 0 spiro atoms. The van der Waals surface area contributed by atoms with Crippen molar-refractivity contribution in [2.24, 2.45) is 5.73 Å². The van der Waals surface area contributed by atoms with Crippen LogP contribution in [0.2, 0.25) is 0 Å². The third-order valence-corrected chi connectivity index (χ3v) is 3.34.